The van der Waals surface area contributed by atoms with Gasteiger partial charge < -0.3 is 14.2 Å². The first-order chi connectivity index (χ1) is 9.21. The second kappa shape index (κ2) is 5.61. The number of hydrogen-bond acceptors (Lipinski definition) is 4. The quantitative estimate of drug-likeness (QED) is 0.793. The van der Waals surface area contributed by atoms with Gasteiger partial charge in [0.05, 0.1) is 26.4 Å². The zero-order valence-electron chi connectivity index (χ0n) is 11.2. The Morgan fingerprint density at radius 3 is 2.47 bits per heavy atom. The highest BCUT2D eigenvalue weighted by atomic mass is 16.5. The van der Waals surface area contributed by atoms with E-state index in [9.17, 15) is 4.79 Å². The van der Waals surface area contributed by atoms with Gasteiger partial charge in [0.15, 0.2) is 11.5 Å². The van der Waals surface area contributed by atoms with Crippen LogP contribution in [0.4, 0.5) is 0 Å². The number of carbonyl (C=O) groups excluding carboxylic acids is 1. The molecule has 0 aliphatic heterocycles. The molecule has 0 aliphatic carbocycles. The molecule has 0 unspecified atom stereocenters. The number of ether oxygens (including phenoxy) is 3. The zero-order chi connectivity index (χ0) is 13.8. The van der Waals surface area contributed by atoms with Gasteiger partial charge in [-0.1, -0.05) is 12.1 Å². The molecule has 0 amide bonds. The van der Waals surface area contributed by atoms with Crippen LogP contribution in [0, 0.1) is 0 Å². The smallest absolute Gasteiger partial charge is 0.338 e. The molecule has 0 aliphatic rings. The molecule has 0 atom stereocenters. The summed E-state index contributed by atoms with van der Waals surface area (Å²) in [7, 11) is 3.16. The van der Waals surface area contributed by atoms with Crippen LogP contribution in [0.15, 0.2) is 30.3 Å². The first kappa shape index (κ1) is 13.2. The van der Waals surface area contributed by atoms with Gasteiger partial charge in [-0.05, 0) is 30.5 Å². The molecule has 100 valence electrons. The lowest BCUT2D eigenvalue weighted by atomic mass is 10.1. The molecule has 2 aromatic carbocycles. The minimum Gasteiger partial charge on any atom is -0.493 e. The second-order valence-electron chi connectivity index (χ2n) is 3.96. The molecular weight excluding hydrogens is 244 g/mol. The van der Waals surface area contributed by atoms with Crippen LogP contribution in [-0.2, 0) is 4.74 Å². The Hall–Kier alpha value is -2.23. The number of hydrogen-bond donors (Lipinski definition) is 0. The first-order valence-corrected chi connectivity index (χ1v) is 6.03. The van der Waals surface area contributed by atoms with Gasteiger partial charge in [-0.2, -0.15) is 0 Å². The zero-order valence-corrected chi connectivity index (χ0v) is 11.2. The average molecular weight is 260 g/mol. The van der Waals surface area contributed by atoms with E-state index in [1.54, 1.807) is 33.3 Å². The van der Waals surface area contributed by atoms with E-state index in [0.29, 0.717) is 23.7 Å². The van der Waals surface area contributed by atoms with Gasteiger partial charge in [0.2, 0.25) is 0 Å². The van der Waals surface area contributed by atoms with E-state index < -0.39 is 0 Å². The summed E-state index contributed by atoms with van der Waals surface area (Å²) in [6, 6.07) is 9.13. The Labute approximate surface area is 111 Å². The van der Waals surface area contributed by atoms with Crippen molar-refractivity contribution in [1.29, 1.82) is 0 Å². The number of carbonyl (C=O) groups is 1. The van der Waals surface area contributed by atoms with E-state index in [0.717, 1.165) is 10.8 Å². The third kappa shape index (κ3) is 2.47. The topological polar surface area (TPSA) is 44.8 Å². The fourth-order valence-electron chi connectivity index (χ4n) is 1.98. The van der Waals surface area contributed by atoms with Gasteiger partial charge in [-0.3, -0.25) is 0 Å². The highest BCUT2D eigenvalue weighted by Crippen LogP contribution is 2.35. The van der Waals surface area contributed by atoms with Crippen LogP contribution < -0.4 is 9.47 Å². The molecule has 0 spiro atoms. The van der Waals surface area contributed by atoms with Crippen molar-refractivity contribution in [2.24, 2.45) is 0 Å². The van der Waals surface area contributed by atoms with Crippen LogP contribution in [0.25, 0.3) is 10.8 Å². The van der Waals surface area contributed by atoms with Crippen molar-refractivity contribution in [2.45, 2.75) is 6.92 Å². The van der Waals surface area contributed by atoms with Crippen molar-refractivity contribution < 1.29 is 19.0 Å². The fourth-order valence-corrected chi connectivity index (χ4v) is 1.98. The number of methoxy groups -OCH3 is 2. The molecule has 2 aromatic rings. The number of benzene rings is 2. The van der Waals surface area contributed by atoms with Crippen molar-refractivity contribution in [3.8, 4) is 11.5 Å². The molecule has 4 nitrogen and oxygen atoms in total. The largest absolute Gasteiger partial charge is 0.493 e. The summed E-state index contributed by atoms with van der Waals surface area (Å²) in [6.07, 6.45) is 0. The third-order valence-electron chi connectivity index (χ3n) is 2.87. The Bertz CT molecular complexity index is 604. The SMILES string of the molecule is CCOC(=O)c1ccc2ccc(OC)c(OC)c2c1. The Balaban J connectivity index is 2.59. The lowest BCUT2D eigenvalue weighted by Gasteiger charge is -2.11. The molecular formula is C15H16O4. The number of rotatable bonds is 4. The van der Waals surface area contributed by atoms with Crippen LogP contribution in [0.1, 0.15) is 17.3 Å². The van der Waals surface area contributed by atoms with Crippen molar-refractivity contribution in [3.05, 3.63) is 35.9 Å². The Morgan fingerprint density at radius 2 is 1.84 bits per heavy atom. The van der Waals surface area contributed by atoms with E-state index in [-0.39, 0.29) is 5.97 Å². The molecule has 2 rings (SSSR count). The van der Waals surface area contributed by atoms with E-state index in [4.69, 9.17) is 14.2 Å². The molecule has 0 saturated carbocycles. The lowest BCUT2D eigenvalue weighted by molar-refractivity contribution is 0.0526. The van der Waals surface area contributed by atoms with Crippen LogP contribution in [0.5, 0.6) is 11.5 Å². The Kier molecular flexibility index (Phi) is 3.90. The summed E-state index contributed by atoms with van der Waals surface area (Å²) in [4.78, 5) is 11.7. The highest BCUT2D eigenvalue weighted by Gasteiger charge is 2.12. The highest BCUT2D eigenvalue weighted by molar-refractivity contribution is 5.98. The first-order valence-electron chi connectivity index (χ1n) is 6.03. The lowest BCUT2D eigenvalue weighted by Crippen LogP contribution is -2.04. The molecule has 4 heteroatoms. The predicted molar refractivity (Wildman–Crippen MR) is 73.0 cm³/mol. The van der Waals surface area contributed by atoms with Gasteiger partial charge in [0.1, 0.15) is 0 Å². The van der Waals surface area contributed by atoms with Crippen molar-refractivity contribution in [1.82, 2.24) is 0 Å². The normalized spacial score (nSPS) is 10.3. The van der Waals surface area contributed by atoms with Crippen LogP contribution in [-0.4, -0.2) is 26.8 Å². The van der Waals surface area contributed by atoms with Crippen molar-refractivity contribution in [2.75, 3.05) is 20.8 Å². The van der Waals surface area contributed by atoms with Crippen LogP contribution >= 0.6 is 0 Å². The fraction of sp³-hybridized carbons (Fsp3) is 0.267. The summed E-state index contributed by atoms with van der Waals surface area (Å²) < 4.78 is 15.6. The molecule has 0 fully saturated rings. The van der Waals surface area contributed by atoms with Crippen molar-refractivity contribution >= 4 is 16.7 Å². The summed E-state index contributed by atoms with van der Waals surface area (Å²) in [5.41, 5.74) is 0.501. The maximum Gasteiger partial charge on any atom is 0.338 e. The van der Waals surface area contributed by atoms with E-state index in [1.165, 1.54) is 0 Å². The summed E-state index contributed by atoms with van der Waals surface area (Å²) in [5, 5.41) is 1.80. The molecule has 0 heterocycles. The molecule has 0 bridgehead atoms. The Morgan fingerprint density at radius 1 is 1.11 bits per heavy atom. The second-order valence-corrected chi connectivity index (χ2v) is 3.96. The van der Waals surface area contributed by atoms with Gasteiger partial charge in [0, 0.05) is 5.39 Å². The van der Waals surface area contributed by atoms with Gasteiger partial charge in [-0.15, -0.1) is 0 Å². The van der Waals surface area contributed by atoms with E-state index in [2.05, 4.69) is 0 Å². The van der Waals surface area contributed by atoms with Crippen LogP contribution in [0.3, 0.4) is 0 Å². The molecule has 0 aromatic heterocycles. The minimum absolute atomic E-state index is 0.339. The maximum absolute atomic E-state index is 11.7. The molecule has 0 N–H and O–H groups in total. The molecule has 19 heavy (non-hydrogen) atoms. The molecule has 0 radical (unpaired) electrons. The molecule has 0 saturated heterocycles. The summed E-state index contributed by atoms with van der Waals surface area (Å²) in [5.74, 6) is 0.913. The number of esters is 1. The van der Waals surface area contributed by atoms with E-state index in [1.807, 2.05) is 18.2 Å². The summed E-state index contributed by atoms with van der Waals surface area (Å²) >= 11 is 0. The van der Waals surface area contributed by atoms with Crippen molar-refractivity contribution in [3.63, 3.8) is 0 Å². The number of fused-ring (bicyclic) bond motifs is 1. The minimum atomic E-state index is -0.339. The van der Waals surface area contributed by atoms with E-state index >= 15 is 0 Å². The van der Waals surface area contributed by atoms with Gasteiger partial charge >= 0.3 is 5.97 Å². The summed E-state index contributed by atoms with van der Waals surface area (Å²) in [6.45, 7) is 2.13. The average Bonchev–Trinajstić information content (AvgIpc) is 2.45. The predicted octanol–water partition coefficient (Wildman–Crippen LogP) is 3.03. The van der Waals surface area contributed by atoms with Gasteiger partial charge in [-0.25, -0.2) is 4.79 Å². The van der Waals surface area contributed by atoms with Gasteiger partial charge in [0.25, 0.3) is 0 Å². The third-order valence-corrected chi connectivity index (χ3v) is 2.87. The monoisotopic (exact) mass is 260 g/mol. The maximum atomic E-state index is 11.7. The van der Waals surface area contributed by atoms with Crippen LogP contribution in [0.2, 0.25) is 0 Å². The standard InChI is InChI=1S/C15H16O4/c1-4-19-15(16)11-6-5-10-7-8-13(17-2)14(18-3)12(10)9-11/h5-9H,4H2,1-3H3.